The topological polar surface area (TPSA) is 38.3 Å². The molecule has 1 aromatic rings. The molecule has 0 saturated carbocycles. The van der Waals surface area contributed by atoms with Crippen LogP contribution < -0.4 is 5.32 Å². The molecule has 0 spiro atoms. The van der Waals surface area contributed by atoms with E-state index in [-0.39, 0.29) is 0 Å². The van der Waals surface area contributed by atoms with Crippen LogP contribution in [0.15, 0.2) is 18.2 Å². The quantitative estimate of drug-likeness (QED) is 0.794. The Balaban J connectivity index is 2.54. The van der Waals surface area contributed by atoms with E-state index in [0.717, 1.165) is 0 Å². The van der Waals surface area contributed by atoms with Crippen LogP contribution in [-0.4, -0.2) is 12.7 Å². The fraction of sp³-hybridized carbons (Fsp3) is 0.222. The standard InChI is InChI=1S/C9H9ClNO2/c1-2-13-9(12)11-8-5-3-7(10)4-6-8/h3,5-6H,2H2,1H3,(H,11,12). The van der Waals surface area contributed by atoms with Gasteiger partial charge in [0.05, 0.1) is 6.61 Å². The molecule has 0 fully saturated rings. The van der Waals surface area contributed by atoms with Crippen molar-refractivity contribution in [2.75, 3.05) is 11.9 Å². The molecule has 0 bridgehead atoms. The number of carbonyl (C=O) groups is 1. The van der Waals surface area contributed by atoms with E-state index in [4.69, 9.17) is 11.6 Å². The van der Waals surface area contributed by atoms with Crippen LogP contribution in [0.4, 0.5) is 10.5 Å². The zero-order chi connectivity index (χ0) is 9.68. The van der Waals surface area contributed by atoms with E-state index < -0.39 is 6.09 Å². The maximum Gasteiger partial charge on any atom is 0.411 e. The van der Waals surface area contributed by atoms with E-state index in [9.17, 15) is 4.79 Å². The summed E-state index contributed by atoms with van der Waals surface area (Å²) in [6.45, 7) is 2.09. The summed E-state index contributed by atoms with van der Waals surface area (Å²) in [6, 6.07) is 7.64. The molecular formula is C9H9ClNO2. The van der Waals surface area contributed by atoms with E-state index in [1.807, 2.05) is 0 Å². The summed E-state index contributed by atoms with van der Waals surface area (Å²) in [5.41, 5.74) is 0.614. The molecule has 0 unspecified atom stereocenters. The van der Waals surface area contributed by atoms with Gasteiger partial charge in [-0.25, -0.2) is 4.79 Å². The van der Waals surface area contributed by atoms with Crippen LogP contribution in [0.25, 0.3) is 0 Å². The molecule has 0 aromatic heterocycles. The third kappa shape index (κ3) is 3.34. The number of rotatable bonds is 2. The lowest BCUT2D eigenvalue weighted by Crippen LogP contribution is -2.12. The van der Waals surface area contributed by atoms with Crippen molar-refractivity contribution in [3.8, 4) is 0 Å². The predicted octanol–water partition coefficient (Wildman–Crippen LogP) is 2.71. The number of hydrogen-bond donors (Lipinski definition) is 1. The highest BCUT2D eigenvalue weighted by Gasteiger charge is 2.00. The summed E-state index contributed by atoms with van der Waals surface area (Å²) in [6.07, 6.45) is -0.474. The summed E-state index contributed by atoms with van der Waals surface area (Å²) in [4.78, 5) is 10.9. The average molecular weight is 199 g/mol. The van der Waals surface area contributed by atoms with Gasteiger partial charge in [0.2, 0.25) is 0 Å². The highest BCUT2D eigenvalue weighted by atomic mass is 35.5. The van der Waals surface area contributed by atoms with Gasteiger partial charge in [0, 0.05) is 16.8 Å². The highest BCUT2D eigenvalue weighted by Crippen LogP contribution is 2.12. The van der Waals surface area contributed by atoms with Gasteiger partial charge in [-0.1, -0.05) is 11.6 Å². The zero-order valence-corrected chi connectivity index (χ0v) is 7.89. The van der Waals surface area contributed by atoms with E-state index in [1.165, 1.54) is 0 Å². The van der Waals surface area contributed by atoms with Crippen LogP contribution in [-0.2, 0) is 4.74 Å². The van der Waals surface area contributed by atoms with Crippen LogP contribution in [0.2, 0.25) is 5.02 Å². The van der Waals surface area contributed by atoms with Gasteiger partial charge in [-0.05, 0) is 25.1 Å². The lowest BCUT2D eigenvalue weighted by molar-refractivity contribution is 0.168. The molecule has 4 heteroatoms. The number of ether oxygens (including phenoxy) is 1. The Morgan fingerprint density at radius 1 is 1.69 bits per heavy atom. The zero-order valence-electron chi connectivity index (χ0n) is 7.13. The van der Waals surface area contributed by atoms with Crippen molar-refractivity contribution in [2.24, 2.45) is 0 Å². The van der Waals surface area contributed by atoms with Crippen LogP contribution in [0, 0.1) is 6.07 Å². The molecule has 0 aliphatic carbocycles. The van der Waals surface area contributed by atoms with Crippen LogP contribution in [0.3, 0.4) is 0 Å². The number of anilines is 1. The second-order valence-corrected chi connectivity index (χ2v) is 2.68. The molecule has 0 saturated heterocycles. The number of amides is 1. The molecule has 1 N–H and O–H groups in total. The number of nitrogens with one attached hydrogen (secondary N) is 1. The van der Waals surface area contributed by atoms with E-state index in [1.54, 1.807) is 25.1 Å². The Hall–Kier alpha value is -1.22. The Labute approximate surface area is 81.7 Å². The minimum absolute atomic E-state index is 0.350. The lowest BCUT2D eigenvalue weighted by Gasteiger charge is -2.03. The van der Waals surface area contributed by atoms with E-state index in [0.29, 0.717) is 17.3 Å². The van der Waals surface area contributed by atoms with Gasteiger partial charge in [0.15, 0.2) is 0 Å². The highest BCUT2D eigenvalue weighted by molar-refractivity contribution is 6.30. The molecule has 13 heavy (non-hydrogen) atoms. The summed E-state index contributed by atoms with van der Waals surface area (Å²) in [5.74, 6) is 0. The minimum Gasteiger partial charge on any atom is -0.450 e. The Bertz CT molecular complexity index is 284. The fourth-order valence-corrected chi connectivity index (χ4v) is 0.886. The number of carbonyl (C=O) groups excluding carboxylic acids is 1. The molecular weight excluding hydrogens is 190 g/mol. The molecule has 1 radical (unpaired) electrons. The summed E-state index contributed by atoms with van der Waals surface area (Å²) < 4.78 is 4.68. The van der Waals surface area contributed by atoms with E-state index >= 15 is 0 Å². The van der Waals surface area contributed by atoms with Gasteiger partial charge < -0.3 is 4.74 Å². The largest absolute Gasteiger partial charge is 0.450 e. The molecule has 0 aliphatic heterocycles. The van der Waals surface area contributed by atoms with Crippen molar-refractivity contribution in [3.63, 3.8) is 0 Å². The molecule has 69 valence electrons. The Morgan fingerprint density at radius 3 is 3.00 bits per heavy atom. The van der Waals surface area contributed by atoms with Crippen molar-refractivity contribution < 1.29 is 9.53 Å². The van der Waals surface area contributed by atoms with Crippen molar-refractivity contribution in [1.29, 1.82) is 0 Å². The average Bonchev–Trinajstić information content (AvgIpc) is 2.09. The van der Waals surface area contributed by atoms with Gasteiger partial charge in [0.1, 0.15) is 0 Å². The van der Waals surface area contributed by atoms with Crippen molar-refractivity contribution in [3.05, 3.63) is 29.3 Å². The number of hydrogen-bond acceptors (Lipinski definition) is 2. The first-order valence-corrected chi connectivity index (χ1v) is 4.21. The van der Waals surface area contributed by atoms with E-state index in [2.05, 4.69) is 16.1 Å². The molecule has 0 atom stereocenters. The van der Waals surface area contributed by atoms with Crippen LogP contribution in [0.1, 0.15) is 6.92 Å². The van der Waals surface area contributed by atoms with Gasteiger partial charge in [-0.15, -0.1) is 0 Å². The van der Waals surface area contributed by atoms with Gasteiger partial charge in [0.25, 0.3) is 0 Å². The van der Waals surface area contributed by atoms with Crippen molar-refractivity contribution in [2.45, 2.75) is 6.92 Å². The SMILES string of the molecule is CCOC(=O)Nc1c[c]c(Cl)cc1. The van der Waals surface area contributed by atoms with Crippen LogP contribution >= 0.6 is 11.6 Å². The van der Waals surface area contributed by atoms with Gasteiger partial charge in [-0.3, -0.25) is 5.32 Å². The summed E-state index contributed by atoms with van der Waals surface area (Å²) >= 11 is 5.61. The second-order valence-electron chi connectivity index (χ2n) is 2.27. The molecule has 3 nitrogen and oxygen atoms in total. The number of benzene rings is 1. The Morgan fingerprint density at radius 2 is 2.46 bits per heavy atom. The summed E-state index contributed by atoms with van der Waals surface area (Å²) in [7, 11) is 0. The molecule has 1 amide bonds. The maximum atomic E-state index is 10.9. The predicted molar refractivity (Wildman–Crippen MR) is 50.9 cm³/mol. The smallest absolute Gasteiger partial charge is 0.411 e. The van der Waals surface area contributed by atoms with Gasteiger partial charge in [-0.2, -0.15) is 0 Å². The molecule has 0 aliphatic rings. The van der Waals surface area contributed by atoms with Crippen LogP contribution in [0.5, 0.6) is 0 Å². The monoisotopic (exact) mass is 198 g/mol. The van der Waals surface area contributed by atoms with Crippen molar-refractivity contribution >= 4 is 23.4 Å². The second kappa shape index (κ2) is 4.72. The third-order valence-corrected chi connectivity index (χ3v) is 1.53. The normalized spacial score (nSPS) is 9.38. The third-order valence-electron chi connectivity index (χ3n) is 1.30. The number of halogens is 1. The van der Waals surface area contributed by atoms with Crippen molar-refractivity contribution in [1.82, 2.24) is 0 Å². The minimum atomic E-state index is -0.474. The Kier molecular flexibility index (Phi) is 3.58. The molecule has 1 rings (SSSR count). The molecule has 1 aromatic carbocycles. The first kappa shape index (κ1) is 9.86. The van der Waals surface area contributed by atoms with Gasteiger partial charge >= 0.3 is 6.09 Å². The fourth-order valence-electron chi connectivity index (χ4n) is 0.769. The first-order valence-electron chi connectivity index (χ1n) is 3.83. The molecule has 0 heterocycles. The lowest BCUT2D eigenvalue weighted by atomic mass is 10.3. The first-order chi connectivity index (χ1) is 6.22. The summed E-state index contributed by atoms with van der Waals surface area (Å²) in [5, 5.41) is 3.03. The maximum absolute atomic E-state index is 10.9.